The molecular formula is C20H29FN4O3. The van der Waals surface area contributed by atoms with Gasteiger partial charge >= 0.3 is 0 Å². The maximum atomic E-state index is 13.8. The molecule has 1 aromatic carbocycles. The van der Waals surface area contributed by atoms with Gasteiger partial charge in [-0.1, -0.05) is 6.07 Å². The number of nitrogens with zero attached hydrogens (tertiary/aromatic N) is 3. The topological polar surface area (TPSA) is 79.1 Å². The number of rotatable bonds is 6. The monoisotopic (exact) mass is 392 g/mol. The normalized spacial score (nSPS) is 21.5. The number of ether oxygens (including phenoxy) is 1. The number of amides is 2. The van der Waals surface area contributed by atoms with E-state index in [0.717, 1.165) is 44.6 Å². The number of piperazine rings is 1. The van der Waals surface area contributed by atoms with E-state index in [9.17, 15) is 14.0 Å². The fraction of sp³-hybridized carbons (Fsp3) is 0.600. The van der Waals surface area contributed by atoms with Gasteiger partial charge in [0.15, 0.2) is 11.6 Å². The van der Waals surface area contributed by atoms with Gasteiger partial charge in [0.05, 0.1) is 19.6 Å². The molecule has 28 heavy (non-hydrogen) atoms. The van der Waals surface area contributed by atoms with E-state index < -0.39 is 0 Å². The second-order valence-corrected chi connectivity index (χ2v) is 7.60. The summed E-state index contributed by atoms with van der Waals surface area (Å²) in [6, 6.07) is 5.04. The number of carbonyl (C=O) groups is 2. The Morgan fingerprint density at radius 1 is 1.18 bits per heavy atom. The smallest absolute Gasteiger partial charge is 0.236 e. The van der Waals surface area contributed by atoms with Gasteiger partial charge < -0.3 is 15.4 Å². The molecule has 2 aliphatic heterocycles. The van der Waals surface area contributed by atoms with Crippen LogP contribution in [0.4, 0.5) is 4.39 Å². The number of likely N-dealkylation sites (tertiary alicyclic amines) is 1. The molecule has 2 amide bonds. The zero-order chi connectivity index (χ0) is 20.1. The second-order valence-electron chi connectivity index (χ2n) is 7.60. The van der Waals surface area contributed by atoms with Gasteiger partial charge in [0.25, 0.3) is 0 Å². The average molecular weight is 392 g/mol. The van der Waals surface area contributed by atoms with E-state index in [2.05, 4.69) is 9.80 Å². The molecule has 0 saturated carbocycles. The Hall–Kier alpha value is -2.19. The number of benzene rings is 1. The van der Waals surface area contributed by atoms with Gasteiger partial charge in [-0.3, -0.25) is 19.4 Å². The quantitative estimate of drug-likeness (QED) is 0.770. The molecule has 2 saturated heterocycles. The number of hydrogen-bond acceptors (Lipinski definition) is 5. The molecule has 8 heteroatoms. The average Bonchev–Trinajstić information content (AvgIpc) is 2.69. The molecule has 154 valence electrons. The van der Waals surface area contributed by atoms with Crippen molar-refractivity contribution in [3.63, 3.8) is 0 Å². The van der Waals surface area contributed by atoms with E-state index in [1.807, 2.05) is 6.07 Å². The molecule has 2 heterocycles. The van der Waals surface area contributed by atoms with Gasteiger partial charge in [0, 0.05) is 45.8 Å². The van der Waals surface area contributed by atoms with E-state index in [1.54, 1.807) is 11.0 Å². The molecule has 3 rings (SSSR count). The molecule has 1 unspecified atom stereocenters. The molecule has 2 fully saturated rings. The summed E-state index contributed by atoms with van der Waals surface area (Å²) in [7, 11) is 1.45. The predicted molar refractivity (Wildman–Crippen MR) is 103 cm³/mol. The first-order chi connectivity index (χ1) is 13.5. The van der Waals surface area contributed by atoms with Crippen molar-refractivity contribution in [2.24, 2.45) is 11.7 Å². The third kappa shape index (κ3) is 5.20. The van der Waals surface area contributed by atoms with Gasteiger partial charge in [0.1, 0.15) is 0 Å². The van der Waals surface area contributed by atoms with Crippen LogP contribution in [0.2, 0.25) is 0 Å². The minimum atomic E-state index is -0.347. The highest BCUT2D eigenvalue weighted by molar-refractivity contribution is 5.81. The lowest BCUT2D eigenvalue weighted by molar-refractivity contribution is -0.136. The zero-order valence-electron chi connectivity index (χ0n) is 16.4. The zero-order valence-corrected chi connectivity index (χ0v) is 16.4. The molecule has 1 atom stereocenters. The van der Waals surface area contributed by atoms with Crippen molar-refractivity contribution in [3.05, 3.63) is 29.6 Å². The molecule has 2 aliphatic rings. The molecule has 0 bridgehead atoms. The molecule has 0 radical (unpaired) electrons. The highest BCUT2D eigenvalue weighted by Gasteiger charge is 2.28. The number of piperidine rings is 1. The molecular weight excluding hydrogens is 363 g/mol. The Morgan fingerprint density at radius 3 is 2.54 bits per heavy atom. The summed E-state index contributed by atoms with van der Waals surface area (Å²) in [6.45, 7) is 5.42. The van der Waals surface area contributed by atoms with Gasteiger partial charge in [0.2, 0.25) is 11.8 Å². The predicted octanol–water partition coefficient (Wildman–Crippen LogP) is 0.676. The van der Waals surface area contributed by atoms with Crippen LogP contribution in [-0.2, 0) is 16.1 Å². The molecule has 7 nitrogen and oxygen atoms in total. The lowest BCUT2D eigenvalue weighted by atomic mass is 9.97. The molecule has 0 aromatic heterocycles. The number of carbonyl (C=O) groups excluding carboxylic acids is 2. The van der Waals surface area contributed by atoms with E-state index in [-0.39, 0.29) is 29.3 Å². The standard InChI is InChI=1S/C20H29FN4O3/c1-28-18-5-4-15(11-17(18)21)12-23-7-9-24(10-8-23)14-19(26)25-6-2-3-16(13-25)20(22)27/h4-5,11,16H,2-3,6-10,12-14H2,1H3,(H2,22,27). The summed E-state index contributed by atoms with van der Waals surface area (Å²) < 4.78 is 18.8. The third-order valence-electron chi connectivity index (χ3n) is 5.62. The van der Waals surface area contributed by atoms with E-state index in [4.69, 9.17) is 10.5 Å². The number of hydrogen-bond donors (Lipinski definition) is 1. The maximum Gasteiger partial charge on any atom is 0.236 e. The molecule has 2 N–H and O–H groups in total. The Bertz CT molecular complexity index is 707. The largest absolute Gasteiger partial charge is 0.494 e. The van der Waals surface area contributed by atoms with Crippen molar-refractivity contribution >= 4 is 11.8 Å². The lowest BCUT2D eigenvalue weighted by Gasteiger charge is -2.37. The van der Waals surface area contributed by atoms with Crippen molar-refractivity contribution in [3.8, 4) is 5.75 Å². The first-order valence-corrected chi connectivity index (χ1v) is 9.80. The van der Waals surface area contributed by atoms with Crippen molar-refractivity contribution in [1.29, 1.82) is 0 Å². The van der Waals surface area contributed by atoms with Crippen LogP contribution in [0, 0.1) is 11.7 Å². The Balaban J connectivity index is 1.44. The van der Waals surface area contributed by atoms with Crippen LogP contribution in [0.25, 0.3) is 0 Å². The van der Waals surface area contributed by atoms with Crippen LogP contribution in [0.5, 0.6) is 5.75 Å². The van der Waals surface area contributed by atoms with Crippen LogP contribution in [0.1, 0.15) is 18.4 Å². The van der Waals surface area contributed by atoms with Crippen LogP contribution in [-0.4, -0.2) is 79.4 Å². The summed E-state index contributed by atoms with van der Waals surface area (Å²) in [5.74, 6) is -0.569. The van der Waals surface area contributed by atoms with Crippen LogP contribution in [0.15, 0.2) is 18.2 Å². The van der Waals surface area contributed by atoms with Crippen LogP contribution < -0.4 is 10.5 Å². The first-order valence-electron chi connectivity index (χ1n) is 9.80. The minimum absolute atomic E-state index is 0.0663. The fourth-order valence-electron chi connectivity index (χ4n) is 3.90. The number of methoxy groups -OCH3 is 1. The van der Waals surface area contributed by atoms with Gasteiger partial charge in [-0.05, 0) is 30.5 Å². The fourth-order valence-corrected chi connectivity index (χ4v) is 3.90. The third-order valence-corrected chi connectivity index (χ3v) is 5.62. The summed E-state index contributed by atoms with van der Waals surface area (Å²) in [5.41, 5.74) is 6.31. The van der Waals surface area contributed by atoms with E-state index >= 15 is 0 Å². The minimum Gasteiger partial charge on any atom is -0.494 e. The highest BCUT2D eigenvalue weighted by atomic mass is 19.1. The van der Waals surface area contributed by atoms with Gasteiger partial charge in [-0.2, -0.15) is 0 Å². The lowest BCUT2D eigenvalue weighted by Crippen LogP contribution is -2.51. The summed E-state index contributed by atoms with van der Waals surface area (Å²) in [5, 5.41) is 0. The Kier molecular flexibility index (Phi) is 6.85. The number of nitrogens with two attached hydrogens (primary N) is 1. The van der Waals surface area contributed by atoms with Crippen molar-refractivity contribution in [2.75, 3.05) is 52.9 Å². The Labute approximate surface area is 165 Å². The number of primary amides is 1. The first kappa shape index (κ1) is 20.5. The SMILES string of the molecule is COc1ccc(CN2CCN(CC(=O)N3CCCC(C(N)=O)C3)CC2)cc1F. The van der Waals surface area contributed by atoms with Gasteiger partial charge in [-0.15, -0.1) is 0 Å². The second kappa shape index (κ2) is 9.34. The molecule has 1 aromatic rings. The highest BCUT2D eigenvalue weighted by Crippen LogP contribution is 2.20. The van der Waals surface area contributed by atoms with E-state index in [0.29, 0.717) is 26.2 Å². The van der Waals surface area contributed by atoms with E-state index in [1.165, 1.54) is 13.2 Å². The van der Waals surface area contributed by atoms with Crippen molar-refractivity contribution in [2.45, 2.75) is 19.4 Å². The molecule has 0 spiro atoms. The summed E-state index contributed by atoms with van der Waals surface area (Å²) >= 11 is 0. The van der Waals surface area contributed by atoms with Crippen LogP contribution >= 0.6 is 0 Å². The summed E-state index contributed by atoms with van der Waals surface area (Å²) in [4.78, 5) is 30.1. The summed E-state index contributed by atoms with van der Waals surface area (Å²) in [6.07, 6.45) is 1.59. The van der Waals surface area contributed by atoms with Gasteiger partial charge in [-0.25, -0.2) is 4.39 Å². The maximum absolute atomic E-state index is 13.8. The van der Waals surface area contributed by atoms with Crippen molar-refractivity contribution < 1.29 is 18.7 Å². The van der Waals surface area contributed by atoms with Crippen LogP contribution in [0.3, 0.4) is 0 Å². The molecule has 0 aliphatic carbocycles. The number of halogens is 1. The van der Waals surface area contributed by atoms with Crippen molar-refractivity contribution in [1.82, 2.24) is 14.7 Å². The Morgan fingerprint density at radius 2 is 1.89 bits per heavy atom.